The zero-order valence-electron chi connectivity index (χ0n) is 35.3. The molecule has 17 heteroatoms. The molecule has 0 spiro atoms. The van der Waals surface area contributed by atoms with Crippen molar-refractivity contribution in [2.24, 2.45) is 17.8 Å². The van der Waals surface area contributed by atoms with Crippen LogP contribution in [0.1, 0.15) is 92.9 Å². The number of alkyl carbamates (subject to hydrolysis) is 1. The molecular formula is C43H56N6O10S. The van der Waals surface area contributed by atoms with Crippen molar-refractivity contribution < 1.29 is 46.2 Å². The summed E-state index contributed by atoms with van der Waals surface area (Å²) in [5.74, 6) is -1.30. The van der Waals surface area contributed by atoms with Crippen LogP contribution in [-0.2, 0) is 29.1 Å². The number of methoxy groups -OCH3 is 1. The van der Waals surface area contributed by atoms with Crippen molar-refractivity contribution in [2.45, 2.75) is 127 Å². The summed E-state index contributed by atoms with van der Waals surface area (Å²) in [7, 11) is -2.46. The third kappa shape index (κ3) is 8.82. The SMILES string of the molecule is CC[C@@H]1C[C@H](C)CC/C=C\[C@@H]2C[C@@]2(C(=O)NS(=O)(=O)C2(C)CC2)NC(=O)[C@@H]2C[C@@H](Oc3ncc(-c4cnco4)c4cc(OC)ccc34)CN2C(=O)[C@H]1NC(=O)OC(C)(C)C. The highest BCUT2D eigenvalue weighted by molar-refractivity contribution is 7.91. The Labute approximate surface area is 350 Å². The molecule has 324 valence electrons. The van der Waals surface area contributed by atoms with Gasteiger partial charge in [0.1, 0.15) is 35.1 Å². The third-order valence-corrected chi connectivity index (χ3v) is 14.5. The molecule has 1 aromatic carbocycles. The fourth-order valence-corrected chi connectivity index (χ4v) is 9.68. The first kappa shape index (κ1) is 42.9. The topological polar surface area (TPSA) is 208 Å². The van der Waals surface area contributed by atoms with E-state index in [0.29, 0.717) is 59.9 Å². The Morgan fingerprint density at radius 2 is 1.88 bits per heavy atom. The summed E-state index contributed by atoms with van der Waals surface area (Å²) in [5.41, 5.74) is -1.75. The lowest BCUT2D eigenvalue weighted by molar-refractivity contribution is -0.142. The molecule has 0 bridgehead atoms. The van der Waals surface area contributed by atoms with E-state index in [4.69, 9.17) is 18.6 Å². The van der Waals surface area contributed by atoms with Crippen molar-refractivity contribution in [3.63, 3.8) is 0 Å². The molecule has 3 fully saturated rings. The Balaban J connectivity index is 1.26. The number of pyridine rings is 1. The van der Waals surface area contributed by atoms with E-state index in [-0.39, 0.29) is 37.1 Å². The van der Waals surface area contributed by atoms with Gasteiger partial charge in [0, 0.05) is 34.9 Å². The van der Waals surface area contributed by atoms with Crippen LogP contribution in [0.4, 0.5) is 4.79 Å². The van der Waals surface area contributed by atoms with Gasteiger partial charge in [0.25, 0.3) is 5.91 Å². The number of sulfonamides is 1. The monoisotopic (exact) mass is 848 g/mol. The number of oxazole rings is 1. The number of rotatable bonds is 9. The fraction of sp³-hybridized carbons (Fsp3) is 0.581. The molecule has 4 amide bonds. The van der Waals surface area contributed by atoms with Gasteiger partial charge in [-0.05, 0) is 96.3 Å². The number of amides is 4. The highest BCUT2D eigenvalue weighted by Crippen LogP contribution is 2.48. The minimum atomic E-state index is -4.02. The van der Waals surface area contributed by atoms with Crippen molar-refractivity contribution in [3.8, 4) is 23.0 Å². The van der Waals surface area contributed by atoms with Crippen LogP contribution in [0.25, 0.3) is 22.1 Å². The summed E-state index contributed by atoms with van der Waals surface area (Å²) in [5, 5.41) is 7.10. The van der Waals surface area contributed by atoms with E-state index >= 15 is 4.79 Å². The van der Waals surface area contributed by atoms with Crippen LogP contribution in [0, 0.1) is 17.8 Å². The van der Waals surface area contributed by atoms with Gasteiger partial charge in [-0.1, -0.05) is 32.4 Å². The number of allylic oxidation sites excluding steroid dienone is 1. The number of carbonyl (C=O) groups excluding carboxylic acids is 4. The summed E-state index contributed by atoms with van der Waals surface area (Å²) in [4.78, 5) is 67.3. The van der Waals surface area contributed by atoms with Gasteiger partial charge in [-0.25, -0.2) is 23.2 Å². The van der Waals surface area contributed by atoms with Crippen LogP contribution in [-0.4, -0.2) is 94.8 Å². The van der Waals surface area contributed by atoms with Crippen LogP contribution < -0.4 is 24.8 Å². The number of fused-ring (bicyclic) bond motifs is 3. The number of nitrogens with one attached hydrogen (secondary N) is 3. The highest BCUT2D eigenvalue weighted by Gasteiger charge is 2.63. The smallest absolute Gasteiger partial charge is 0.408 e. The van der Waals surface area contributed by atoms with E-state index in [1.54, 1.807) is 59.3 Å². The van der Waals surface area contributed by atoms with Crippen molar-refractivity contribution in [1.29, 1.82) is 0 Å². The predicted molar refractivity (Wildman–Crippen MR) is 221 cm³/mol. The lowest BCUT2D eigenvalue weighted by atomic mass is 9.85. The second kappa shape index (κ2) is 16.3. The number of ether oxygens (including phenoxy) is 3. The summed E-state index contributed by atoms with van der Waals surface area (Å²) < 4.78 is 51.1. The van der Waals surface area contributed by atoms with Crippen LogP contribution in [0.15, 0.2) is 53.6 Å². The molecule has 1 saturated heterocycles. The zero-order valence-corrected chi connectivity index (χ0v) is 36.1. The molecule has 16 nitrogen and oxygen atoms in total. The number of aromatic nitrogens is 2. The van der Waals surface area contributed by atoms with Crippen LogP contribution in [0.5, 0.6) is 11.6 Å². The van der Waals surface area contributed by atoms with E-state index < -0.39 is 73.8 Å². The predicted octanol–water partition coefficient (Wildman–Crippen LogP) is 5.42. The van der Waals surface area contributed by atoms with Gasteiger partial charge in [0.05, 0.1) is 24.6 Å². The minimum absolute atomic E-state index is 0.00167. The molecule has 7 rings (SSSR count). The zero-order chi connectivity index (χ0) is 43.2. The number of hydrogen-bond acceptors (Lipinski definition) is 12. The van der Waals surface area contributed by atoms with E-state index in [0.717, 1.165) is 6.42 Å². The molecule has 2 aromatic heterocycles. The second-order valence-corrected chi connectivity index (χ2v) is 20.2. The van der Waals surface area contributed by atoms with E-state index in [9.17, 15) is 22.8 Å². The largest absolute Gasteiger partial charge is 0.497 e. The summed E-state index contributed by atoms with van der Waals surface area (Å²) in [6.07, 6.45) is 10.4. The Morgan fingerprint density at radius 3 is 2.55 bits per heavy atom. The maximum atomic E-state index is 15.1. The average molecular weight is 849 g/mol. The van der Waals surface area contributed by atoms with Crippen LogP contribution in [0.2, 0.25) is 0 Å². The molecule has 4 aliphatic rings. The first-order valence-electron chi connectivity index (χ1n) is 20.7. The molecule has 2 saturated carbocycles. The van der Waals surface area contributed by atoms with Crippen LogP contribution >= 0.6 is 0 Å². The standard InChI is InChI=1S/C43H56N6O10S/c1-8-26-17-25(2)11-9-10-12-27-20-43(27,39(52)48-60(54,55)42(6)15-16-42)47-36(50)33-19-29(23-49(33)38(51)35(26)46-40(53)59-41(3,4)5)58-37-30-14-13-28(56-7)18-31(30)32(21-45-37)34-22-44-24-57-34/h10,12-14,18,21-22,24-27,29,33,35H,8-9,11,15-17,19-20,23H2,1-7H3,(H,46,53)(H,47,50)(H,48,52)/b12-10-/t25-,26-,27-,29-,33+,35+,43-/m1/s1. The Kier molecular flexibility index (Phi) is 11.7. The van der Waals surface area contributed by atoms with Gasteiger partial charge in [-0.3, -0.25) is 19.1 Å². The first-order chi connectivity index (χ1) is 28.4. The molecular weight excluding hydrogens is 793 g/mol. The minimum Gasteiger partial charge on any atom is -0.497 e. The number of benzene rings is 1. The molecule has 0 unspecified atom stereocenters. The number of nitrogens with zero attached hydrogens (tertiary/aromatic N) is 3. The first-order valence-corrected chi connectivity index (χ1v) is 22.2. The summed E-state index contributed by atoms with van der Waals surface area (Å²) in [6.45, 7) is 10.8. The molecule has 3 N–H and O–H groups in total. The van der Waals surface area contributed by atoms with Gasteiger partial charge in [0.15, 0.2) is 12.2 Å². The summed E-state index contributed by atoms with van der Waals surface area (Å²) >= 11 is 0. The second-order valence-electron chi connectivity index (χ2n) is 18.0. The lowest BCUT2D eigenvalue weighted by Gasteiger charge is -2.34. The lowest BCUT2D eigenvalue weighted by Crippen LogP contribution is -2.59. The van der Waals surface area contributed by atoms with Gasteiger partial charge < -0.3 is 34.2 Å². The third-order valence-electron chi connectivity index (χ3n) is 12.3. The van der Waals surface area contributed by atoms with Gasteiger partial charge in [-0.15, -0.1) is 0 Å². The number of carbonyl (C=O) groups is 4. The maximum absolute atomic E-state index is 15.1. The summed E-state index contributed by atoms with van der Waals surface area (Å²) in [6, 6.07) is 3.16. The molecule has 2 aliphatic carbocycles. The Morgan fingerprint density at radius 1 is 1.12 bits per heavy atom. The van der Waals surface area contributed by atoms with Crippen molar-refractivity contribution >= 4 is 44.6 Å². The maximum Gasteiger partial charge on any atom is 0.408 e. The molecule has 60 heavy (non-hydrogen) atoms. The van der Waals surface area contributed by atoms with Crippen molar-refractivity contribution in [1.82, 2.24) is 30.2 Å². The van der Waals surface area contributed by atoms with Crippen molar-refractivity contribution in [2.75, 3.05) is 13.7 Å². The fourth-order valence-electron chi connectivity index (χ4n) is 8.37. The average Bonchev–Trinajstić information content (AvgIpc) is 3.95. The van der Waals surface area contributed by atoms with Gasteiger partial charge in [0.2, 0.25) is 27.7 Å². The molecule has 0 radical (unpaired) electrons. The highest BCUT2D eigenvalue weighted by atomic mass is 32.2. The van der Waals surface area contributed by atoms with E-state index in [2.05, 4.69) is 32.2 Å². The molecule has 4 heterocycles. The number of hydrogen-bond donors (Lipinski definition) is 3. The Hall–Kier alpha value is -5.19. The van der Waals surface area contributed by atoms with Gasteiger partial charge >= 0.3 is 6.09 Å². The van der Waals surface area contributed by atoms with Crippen LogP contribution in [0.3, 0.4) is 0 Å². The molecule has 3 aromatic rings. The van der Waals surface area contributed by atoms with E-state index in [1.165, 1.54) is 11.3 Å². The van der Waals surface area contributed by atoms with E-state index in [1.807, 2.05) is 25.1 Å². The Bertz CT molecular complexity index is 2270. The molecule has 2 aliphatic heterocycles. The molecule has 7 atom stereocenters. The van der Waals surface area contributed by atoms with Crippen molar-refractivity contribution in [3.05, 3.63) is 49.1 Å². The van der Waals surface area contributed by atoms with Gasteiger partial charge in [-0.2, -0.15) is 0 Å². The quantitative estimate of drug-likeness (QED) is 0.231. The normalized spacial score (nSPS) is 28.6.